The molecule has 1 rings (SSSR count). The third kappa shape index (κ3) is 4.94. The fourth-order valence-corrected chi connectivity index (χ4v) is 1.81. The third-order valence-electron chi connectivity index (χ3n) is 2.68. The first-order valence-electron chi connectivity index (χ1n) is 6.52. The molecule has 18 heavy (non-hydrogen) atoms. The van der Waals surface area contributed by atoms with E-state index < -0.39 is 0 Å². The molecule has 0 spiro atoms. The highest BCUT2D eigenvalue weighted by Crippen LogP contribution is 2.23. The van der Waals surface area contributed by atoms with Crippen molar-refractivity contribution in [1.82, 2.24) is 5.32 Å². The summed E-state index contributed by atoms with van der Waals surface area (Å²) in [5.74, 6) is 0.761. The van der Waals surface area contributed by atoms with Gasteiger partial charge >= 0.3 is 0 Å². The van der Waals surface area contributed by atoms with Gasteiger partial charge in [-0.2, -0.15) is 0 Å². The van der Waals surface area contributed by atoms with E-state index in [-0.39, 0.29) is 6.61 Å². The zero-order valence-electron chi connectivity index (χ0n) is 11.3. The summed E-state index contributed by atoms with van der Waals surface area (Å²) in [7, 11) is 0. The van der Waals surface area contributed by atoms with Crippen molar-refractivity contribution in [2.75, 3.05) is 25.5 Å². The van der Waals surface area contributed by atoms with E-state index in [9.17, 15) is 0 Å². The normalized spacial score (nSPS) is 12.4. The van der Waals surface area contributed by atoms with E-state index in [0.29, 0.717) is 24.9 Å². The van der Waals surface area contributed by atoms with Crippen LogP contribution in [-0.2, 0) is 6.42 Å². The number of anilines is 1. The molecule has 0 saturated carbocycles. The van der Waals surface area contributed by atoms with Gasteiger partial charge in [0.05, 0.1) is 18.9 Å². The molecule has 1 atom stereocenters. The van der Waals surface area contributed by atoms with Gasteiger partial charge in [0.15, 0.2) is 0 Å². The maximum absolute atomic E-state index is 8.75. The Morgan fingerprint density at radius 2 is 2.22 bits per heavy atom. The van der Waals surface area contributed by atoms with Gasteiger partial charge in [-0.1, -0.05) is 13.0 Å². The molecular formula is C14H24N2O2. The molecule has 0 heterocycles. The number of nitrogens with two attached hydrogens (primary N) is 1. The molecule has 4 N–H and O–H groups in total. The molecule has 0 aliphatic carbocycles. The summed E-state index contributed by atoms with van der Waals surface area (Å²) >= 11 is 0. The molecule has 0 aliphatic heterocycles. The molecule has 0 amide bonds. The lowest BCUT2D eigenvalue weighted by Crippen LogP contribution is -2.30. The summed E-state index contributed by atoms with van der Waals surface area (Å²) in [6.45, 7) is 5.63. The van der Waals surface area contributed by atoms with E-state index in [2.05, 4.69) is 19.2 Å². The van der Waals surface area contributed by atoms with Crippen LogP contribution in [0.5, 0.6) is 5.75 Å². The second-order valence-corrected chi connectivity index (χ2v) is 4.50. The van der Waals surface area contributed by atoms with Crippen LogP contribution >= 0.6 is 0 Å². The van der Waals surface area contributed by atoms with Gasteiger partial charge in [0, 0.05) is 12.6 Å². The number of rotatable bonds is 8. The summed E-state index contributed by atoms with van der Waals surface area (Å²) in [6.07, 6.45) is 1.86. The van der Waals surface area contributed by atoms with Crippen LogP contribution < -0.4 is 15.8 Å². The van der Waals surface area contributed by atoms with Crippen LogP contribution in [0.4, 0.5) is 5.69 Å². The SMILES string of the molecule is CCCOc1ccc(CC(C)NCCO)cc1N. The maximum Gasteiger partial charge on any atom is 0.142 e. The molecule has 1 unspecified atom stereocenters. The number of nitrogens with one attached hydrogen (secondary N) is 1. The molecule has 1 aromatic rings. The minimum atomic E-state index is 0.163. The topological polar surface area (TPSA) is 67.5 Å². The Morgan fingerprint density at radius 1 is 1.44 bits per heavy atom. The predicted octanol–water partition coefficient (Wildman–Crippen LogP) is 1.57. The van der Waals surface area contributed by atoms with E-state index in [1.807, 2.05) is 18.2 Å². The van der Waals surface area contributed by atoms with Gasteiger partial charge in [0.2, 0.25) is 0 Å². The van der Waals surface area contributed by atoms with Gasteiger partial charge in [-0.25, -0.2) is 0 Å². The molecule has 4 heteroatoms. The molecule has 0 aliphatic rings. The van der Waals surface area contributed by atoms with Crippen molar-refractivity contribution in [2.24, 2.45) is 0 Å². The number of ether oxygens (including phenoxy) is 1. The van der Waals surface area contributed by atoms with E-state index in [0.717, 1.165) is 18.6 Å². The Labute approximate surface area is 109 Å². The first-order valence-corrected chi connectivity index (χ1v) is 6.52. The zero-order valence-corrected chi connectivity index (χ0v) is 11.3. The average molecular weight is 252 g/mol. The molecule has 0 bridgehead atoms. The van der Waals surface area contributed by atoms with Crippen molar-refractivity contribution < 1.29 is 9.84 Å². The molecule has 0 aromatic heterocycles. The van der Waals surface area contributed by atoms with Crippen molar-refractivity contribution in [3.8, 4) is 5.75 Å². The van der Waals surface area contributed by atoms with E-state index >= 15 is 0 Å². The highest BCUT2D eigenvalue weighted by Gasteiger charge is 2.05. The third-order valence-corrected chi connectivity index (χ3v) is 2.68. The lowest BCUT2D eigenvalue weighted by Gasteiger charge is -2.14. The Morgan fingerprint density at radius 3 is 2.83 bits per heavy atom. The van der Waals surface area contributed by atoms with Gasteiger partial charge in [-0.3, -0.25) is 0 Å². The van der Waals surface area contributed by atoms with Crippen molar-refractivity contribution in [1.29, 1.82) is 0 Å². The average Bonchev–Trinajstić information content (AvgIpc) is 2.35. The van der Waals surface area contributed by atoms with E-state index in [1.54, 1.807) is 0 Å². The molecule has 0 fully saturated rings. The van der Waals surface area contributed by atoms with Crippen LogP contribution in [0.3, 0.4) is 0 Å². The van der Waals surface area contributed by atoms with Crippen molar-refractivity contribution in [3.05, 3.63) is 23.8 Å². The fourth-order valence-electron chi connectivity index (χ4n) is 1.81. The van der Waals surface area contributed by atoms with Crippen molar-refractivity contribution >= 4 is 5.69 Å². The summed E-state index contributed by atoms with van der Waals surface area (Å²) in [5.41, 5.74) is 7.82. The van der Waals surface area contributed by atoms with Crippen LogP contribution in [0.2, 0.25) is 0 Å². The number of benzene rings is 1. The smallest absolute Gasteiger partial charge is 0.142 e. The van der Waals surface area contributed by atoms with Gasteiger partial charge < -0.3 is 20.9 Å². The molecule has 4 nitrogen and oxygen atoms in total. The zero-order chi connectivity index (χ0) is 13.4. The van der Waals surface area contributed by atoms with Gasteiger partial charge in [-0.15, -0.1) is 0 Å². The van der Waals surface area contributed by atoms with Crippen molar-refractivity contribution in [2.45, 2.75) is 32.7 Å². The van der Waals surface area contributed by atoms with E-state index in [4.69, 9.17) is 15.6 Å². The molecule has 1 aromatic carbocycles. The largest absolute Gasteiger partial charge is 0.491 e. The Balaban J connectivity index is 2.55. The van der Waals surface area contributed by atoms with Crippen LogP contribution in [0.15, 0.2) is 18.2 Å². The molecule has 0 saturated heterocycles. The number of aliphatic hydroxyl groups excluding tert-OH is 1. The van der Waals surface area contributed by atoms with Gasteiger partial charge in [0.1, 0.15) is 5.75 Å². The monoisotopic (exact) mass is 252 g/mol. The van der Waals surface area contributed by atoms with Gasteiger partial charge in [0.25, 0.3) is 0 Å². The number of aliphatic hydroxyl groups is 1. The summed E-state index contributed by atoms with van der Waals surface area (Å²) in [5, 5.41) is 12.0. The predicted molar refractivity (Wildman–Crippen MR) is 74.9 cm³/mol. The lowest BCUT2D eigenvalue weighted by atomic mass is 10.1. The fraction of sp³-hybridized carbons (Fsp3) is 0.571. The second-order valence-electron chi connectivity index (χ2n) is 4.50. The Hall–Kier alpha value is -1.26. The molecule has 0 radical (unpaired) electrons. The number of nitrogen functional groups attached to an aromatic ring is 1. The first kappa shape index (κ1) is 14.8. The first-order chi connectivity index (χ1) is 8.67. The van der Waals surface area contributed by atoms with Crippen LogP contribution in [0.1, 0.15) is 25.8 Å². The number of hydrogen-bond acceptors (Lipinski definition) is 4. The Bertz CT molecular complexity index is 356. The summed E-state index contributed by atoms with van der Waals surface area (Å²) in [6, 6.07) is 6.25. The lowest BCUT2D eigenvalue weighted by molar-refractivity contribution is 0.285. The number of hydrogen-bond donors (Lipinski definition) is 3. The maximum atomic E-state index is 8.75. The molecule has 102 valence electrons. The van der Waals surface area contributed by atoms with Gasteiger partial charge in [-0.05, 0) is 37.5 Å². The summed E-state index contributed by atoms with van der Waals surface area (Å²) < 4.78 is 5.54. The van der Waals surface area contributed by atoms with Crippen LogP contribution in [-0.4, -0.2) is 30.9 Å². The molecular weight excluding hydrogens is 228 g/mol. The summed E-state index contributed by atoms with van der Waals surface area (Å²) in [4.78, 5) is 0. The van der Waals surface area contributed by atoms with E-state index in [1.165, 1.54) is 5.56 Å². The highest BCUT2D eigenvalue weighted by molar-refractivity contribution is 5.54. The Kier molecular flexibility index (Phi) is 6.54. The minimum absolute atomic E-state index is 0.163. The highest BCUT2D eigenvalue weighted by atomic mass is 16.5. The van der Waals surface area contributed by atoms with Crippen LogP contribution in [0, 0.1) is 0 Å². The standard InChI is InChI=1S/C14H24N2O2/c1-3-8-18-14-5-4-12(10-13(14)15)9-11(2)16-6-7-17/h4-5,10-11,16-17H,3,6-9,15H2,1-2H3. The second kappa shape index (κ2) is 7.95. The van der Waals surface area contributed by atoms with Crippen LogP contribution in [0.25, 0.3) is 0 Å². The minimum Gasteiger partial charge on any atom is -0.491 e. The quantitative estimate of drug-likeness (QED) is 0.614. The van der Waals surface area contributed by atoms with Crippen molar-refractivity contribution in [3.63, 3.8) is 0 Å².